The summed E-state index contributed by atoms with van der Waals surface area (Å²) in [5, 5.41) is 0. The van der Waals surface area contributed by atoms with Crippen LogP contribution in [0.2, 0.25) is 0 Å². The summed E-state index contributed by atoms with van der Waals surface area (Å²) in [5.41, 5.74) is 0.722. The van der Waals surface area contributed by atoms with Crippen LogP contribution < -0.4 is 9.47 Å². The molecule has 2 aromatic carbocycles. The minimum Gasteiger partial charge on any atom is -0.497 e. The van der Waals surface area contributed by atoms with Crippen molar-refractivity contribution >= 4 is 11.9 Å². The van der Waals surface area contributed by atoms with Gasteiger partial charge in [-0.25, -0.2) is 9.59 Å². The van der Waals surface area contributed by atoms with E-state index < -0.39 is 11.9 Å². The number of ether oxygens (including phenoxy) is 3. The fourth-order valence-electron chi connectivity index (χ4n) is 1.86. The van der Waals surface area contributed by atoms with Crippen LogP contribution in [0.1, 0.15) is 34.6 Å². The molecule has 0 aliphatic carbocycles. The molecule has 0 saturated carbocycles. The summed E-state index contributed by atoms with van der Waals surface area (Å²) in [6.07, 6.45) is -0.215. The monoisotopic (exact) mass is 314 g/mol. The van der Waals surface area contributed by atoms with Crippen molar-refractivity contribution in [3.63, 3.8) is 0 Å². The average Bonchev–Trinajstić information content (AvgIpc) is 2.54. The highest BCUT2D eigenvalue weighted by Crippen LogP contribution is 2.18. The molecule has 23 heavy (non-hydrogen) atoms. The van der Waals surface area contributed by atoms with Crippen molar-refractivity contribution in [3.05, 3.63) is 59.7 Å². The predicted octanol–water partition coefficient (Wildman–Crippen LogP) is 3.48. The zero-order valence-corrected chi connectivity index (χ0v) is 13.2. The SMILES string of the molecule is COc1ccc(C(=O)Oc2cccc(C(=O)OC(C)C)c2)cc1. The van der Waals surface area contributed by atoms with Gasteiger partial charge in [0.25, 0.3) is 0 Å². The highest BCUT2D eigenvalue weighted by atomic mass is 16.5. The maximum atomic E-state index is 12.1. The largest absolute Gasteiger partial charge is 0.497 e. The van der Waals surface area contributed by atoms with Gasteiger partial charge < -0.3 is 14.2 Å². The van der Waals surface area contributed by atoms with Gasteiger partial charge in [0.1, 0.15) is 11.5 Å². The second-order valence-electron chi connectivity index (χ2n) is 5.10. The topological polar surface area (TPSA) is 61.8 Å². The number of methoxy groups -OCH3 is 1. The Kier molecular flexibility index (Phi) is 5.36. The molecule has 5 heteroatoms. The van der Waals surface area contributed by atoms with E-state index in [2.05, 4.69) is 0 Å². The van der Waals surface area contributed by atoms with Crippen LogP contribution in [0.3, 0.4) is 0 Å². The van der Waals surface area contributed by atoms with Crippen molar-refractivity contribution in [2.45, 2.75) is 20.0 Å². The summed E-state index contributed by atoms with van der Waals surface area (Å²) < 4.78 is 15.4. The number of rotatable bonds is 5. The first kappa shape index (κ1) is 16.5. The van der Waals surface area contributed by atoms with E-state index in [1.165, 1.54) is 6.07 Å². The molecule has 0 fully saturated rings. The molecule has 0 spiro atoms. The molecule has 0 atom stereocenters. The van der Waals surface area contributed by atoms with Gasteiger partial charge in [-0.15, -0.1) is 0 Å². The number of carbonyl (C=O) groups is 2. The lowest BCUT2D eigenvalue weighted by Crippen LogP contribution is -2.12. The quantitative estimate of drug-likeness (QED) is 0.624. The molecule has 5 nitrogen and oxygen atoms in total. The highest BCUT2D eigenvalue weighted by Gasteiger charge is 2.13. The lowest BCUT2D eigenvalue weighted by molar-refractivity contribution is 0.0376. The molecular formula is C18H18O5. The molecule has 0 amide bonds. The van der Waals surface area contributed by atoms with E-state index in [1.54, 1.807) is 63.4 Å². The molecule has 2 rings (SSSR count). The second-order valence-corrected chi connectivity index (χ2v) is 5.10. The van der Waals surface area contributed by atoms with Gasteiger partial charge in [0.15, 0.2) is 0 Å². The Bertz CT molecular complexity index is 689. The summed E-state index contributed by atoms with van der Waals surface area (Å²) in [7, 11) is 1.55. The summed E-state index contributed by atoms with van der Waals surface area (Å²) in [5.74, 6) is -0.0339. The van der Waals surface area contributed by atoms with E-state index in [9.17, 15) is 9.59 Å². The van der Waals surface area contributed by atoms with Crippen molar-refractivity contribution in [2.75, 3.05) is 7.11 Å². The van der Waals surface area contributed by atoms with Gasteiger partial charge in [0, 0.05) is 0 Å². The maximum absolute atomic E-state index is 12.1. The fraction of sp³-hybridized carbons (Fsp3) is 0.222. The van der Waals surface area contributed by atoms with Crippen LogP contribution in [-0.2, 0) is 4.74 Å². The molecule has 0 unspecified atom stereocenters. The number of benzene rings is 2. The van der Waals surface area contributed by atoms with E-state index in [4.69, 9.17) is 14.2 Å². The number of carbonyl (C=O) groups excluding carboxylic acids is 2. The van der Waals surface area contributed by atoms with Gasteiger partial charge >= 0.3 is 11.9 Å². The van der Waals surface area contributed by atoms with Crippen molar-refractivity contribution in [1.29, 1.82) is 0 Å². The average molecular weight is 314 g/mol. The van der Waals surface area contributed by atoms with Gasteiger partial charge in [-0.3, -0.25) is 0 Å². The van der Waals surface area contributed by atoms with Crippen molar-refractivity contribution in [3.8, 4) is 11.5 Å². The van der Waals surface area contributed by atoms with E-state index in [0.29, 0.717) is 16.9 Å². The van der Waals surface area contributed by atoms with Gasteiger partial charge in [0.05, 0.1) is 24.3 Å². The van der Waals surface area contributed by atoms with Crippen LogP contribution in [-0.4, -0.2) is 25.2 Å². The van der Waals surface area contributed by atoms with E-state index in [-0.39, 0.29) is 11.9 Å². The first-order valence-corrected chi connectivity index (χ1v) is 7.17. The summed E-state index contributed by atoms with van der Waals surface area (Å²) in [6.45, 7) is 3.54. The van der Waals surface area contributed by atoms with Crippen molar-refractivity contribution in [1.82, 2.24) is 0 Å². The van der Waals surface area contributed by atoms with Crippen LogP contribution in [0.25, 0.3) is 0 Å². The van der Waals surface area contributed by atoms with E-state index >= 15 is 0 Å². The summed E-state index contributed by atoms with van der Waals surface area (Å²) >= 11 is 0. The number of esters is 2. The first-order chi connectivity index (χ1) is 11.0. The third kappa shape index (κ3) is 4.57. The standard InChI is InChI=1S/C18H18O5/c1-12(2)22-18(20)14-5-4-6-16(11-14)23-17(19)13-7-9-15(21-3)10-8-13/h4-12H,1-3H3. The summed E-state index contributed by atoms with van der Waals surface area (Å²) in [6, 6.07) is 12.9. The molecule has 2 aromatic rings. The van der Waals surface area contributed by atoms with Crippen LogP contribution in [0.4, 0.5) is 0 Å². The molecule has 0 N–H and O–H groups in total. The van der Waals surface area contributed by atoms with Crippen LogP contribution >= 0.6 is 0 Å². The number of hydrogen-bond acceptors (Lipinski definition) is 5. The van der Waals surface area contributed by atoms with Crippen LogP contribution in [0.15, 0.2) is 48.5 Å². The second kappa shape index (κ2) is 7.45. The normalized spacial score (nSPS) is 10.3. The number of hydrogen-bond donors (Lipinski definition) is 0. The molecule has 120 valence electrons. The van der Waals surface area contributed by atoms with Gasteiger partial charge in [-0.2, -0.15) is 0 Å². The predicted molar refractivity (Wildman–Crippen MR) is 84.9 cm³/mol. The van der Waals surface area contributed by atoms with Gasteiger partial charge in [0.2, 0.25) is 0 Å². The van der Waals surface area contributed by atoms with Crippen molar-refractivity contribution in [2.24, 2.45) is 0 Å². The fourth-order valence-corrected chi connectivity index (χ4v) is 1.86. The Balaban J connectivity index is 2.10. The third-order valence-corrected chi connectivity index (χ3v) is 2.95. The molecule has 0 saturated heterocycles. The zero-order chi connectivity index (χ0) is 16.8. The molecule has 0 radical (unpaired) electrons. The van der Waals surface area contributed by atoms with Crippen molar-refractivity contribution < 1.29 is 23.8 Å². The summed E-state index contributed by atoms with van der Waals surface area (Å²) in [4.78, 5) is 24.0. The highest BCUT2D eigenvalue weighted by molar-refractivity contribution is 5.92. The minimum absolute atomic E-state index is 0.215. The Morgan fingerprint density at radius 3 is 2.17 bits per heavy atom. The van der Waals surface area contributed by atoms with E-state index in [1.807, 2.05) is 0 Å². The molecule has 0 heterocycles. The Hall–Kier alpha value is -2.82. The smallest absolute Gasteiger partial charge is 0.343 e. The van der Waals surface area contributed by atoms with Gasteiger partial charge in [-0.05, 0) is 56.3 Å². The minimum atomic E-state index is -0.512. The molecular weight excluding hydrogens is 296 g/mol. The van der Waals surface area contributed by atoms with Crippen LogP contribution in [0, 0.1) is 0 Å². The molecule has 0 bridgehead atoms. The van der Waals surface area contributed by atoms with Crippen LogP contribution in [0.5, 0.6) is 11.5 Å². The zero-order valence-electron chi connectivity index (χ0n) is 13.2. The van der Waals surface area contributed by atoms with Gasteiger partial charge in [-0.1, -0.05) is 6.07 Å². The lowest BCUT2D eigenvalue weighted by atomic mass is 10.2. The maximum Gasteiger partial charge on any atom is 0.343 e. The Labute approximate surface area is 134 Å². The molecule has 0 aromatic heterocycles. The molecule has 0 aliphatic rings. The lowest BCUT2D eigenvalue weighted by Gasteiger charge is -2.09. The Morgan fingerprint density at radius 2 is 1.57 bits per heavy atom. The third-order valence-electron chi connectivity index (χ3n) is 2.95. The van der Waals surface area contributed by atoms with E-state index in [0.717, 1.165) is 0 Å². The Morgan fingerprint density at radius 1 is 0.870 bits per heavy atom. The molecule has 0 aliphatic heterocycles. The first-order valence-electron chi connectivity index (χ1n) is 7.17.